The number of halogens is 1. The quantitative estimate of drug-likeness (QED) is 0.498. The first-order valence-corrected chi connectivity index (χ1v) is 13.5. The molecular weight excluding hydrogens is 506 g/mol. The lowest BCUT2D eigenvalue weighted by molar-refractivity contribution is -0.139. The summed E-state index contributed by atoms with van der Waals surface area (Å²) < 4.78 is 26.8. The van der Waals surface area contributed by atoms with Crippen molar-refractivity contribution in [1.29, 1.82) is 0 Å². The number of carbonyl (C=O) groups excluding carboxylic acids is 2. The highest BCUT2D eigenvalue weighted by molar-refractivity contribution is 9.10. The summed E-state index contributed by atoms with van der Waals surface area (Å²) in [5, 5.41) is 2.91. The Balaban J connectivity index is 2.39. The zero-order valence-corrected chi connectivity index (χ0v) is 22.1. The van der Waals surface area contributed by atoms with Crippen molar-refractivity contribution in [2.45, 2.75) is 52.7 Å². The smallest absolute Gasteiger partial charge is 0.244 e. The Bertz CT molecular complexity index is 1070. The maximum atomic E-state index is 13.5. The number of nitrogens with zero attached hydrogens (tertiary/aromatic N) is 2. The molecule has 0 radical (unpaired) electrons. The molecule has 0 aliphatic heterocycles. The van der Waals surface area contributed by atoms with Crippen molar-refractivity contribution in [3.05, 3.63) is 64.1 Å². The summed E-state index contributed by atoms with van der Waals surface area (Å²) in [5.74, 6) is -0.750. The monoisotopic (exact) mass is 537 g/mol. The summed E-state index contributed by atoms with van der Waals surface area (Å²) in [7, 11) is -3.76. The Labute approximate surface area is 205 Å². The lowest BCUT2D eigenvalue weighted by atomic mass is 10.1. The molecule has 2 rings (SSSR count). The summed E-state index contributed by atoms with van der Waals surface area (Å²) >= 11 is 3.37. The number of aryl methyl sites for hydroxylation is 1. The zero-order valence-electron chi connectivity index (χ0n) is 19.7. The third kappa shape index (κ3) is 7.57. The Morgan fingerprint density at radius 3 is 2.21 bits per heavy atom. The third-order valence-electron chi connectivity index (χ3n) is 5.44. The first-order valence-electron chi connectivity index (χ1n) is 10.8. The fourth-order valence-corrected chi connectivity index (χ4v) is 4.66. The summed E-state index contributed by atoms with van der Waals surface area (Å²) in [6.45, 7) is 7.25. The molecule has 0 saturated carbocycles. The molecule has 7 nitrogen and oxygen atoms in total. The molecule has 0 fully saturated rings. The van der Waals surface area contributed by atoms with Crippen molar-refractivity contribution in [3.8, 4) is 0 Å². The number of hydrogen-bond acceptors (Lipinski definition) is 4. The molecule has 0 heterocycles. The van der Waals surface area contributed by atoms with Gasteiger partial charge in [0, 0.05) is 17.1 Å². The van der Waals surface area contributed by atoms with Gasteiger partial charge in [-0.15, -0.1) is 0 Å². The number of para-hydroxylation sites is 1. The second-order valence-electron chi connectivity index (χ2n) is 8.22. The molecule has 0 bridgehead atoms. The van der Waals surface area contributed by atoms with Crippen LogP contribution in [0.4, 0.5) is 5.69 Å². The number of nitrogens with one attached hydrogen (secondary N) is 1. The van der Waals surface area contributed by atoms with E-state index in [1.165, 1.54) is 4.90 Å². The molecule has 1 N–H and O–H groups in total. The van der Waals surface area contributed by atoms with E-state index in [-0.39, 0.29) is 18.5 Å². The predicted molar refractivity (Wildman–Crippen MR) is 135 cm³/mol. The highest BCUT2D eigenvalue weighted by Crippen LogP contribution is 2.28. The van der Waals surface area contributed by atoms with E-state index in [4.69, 9.17) is 0 Å². The van der Waals surface area contributed by atoms with Gasteiger partial charge in [-0.3, -0.25) is 13.9 Å². The summed E-state index contributed by atoms with van der Waals surface area (Å²) in [4.78, 5) is 27.8. The average molecular weight is 539 g/mol. The van der Waals surface area contributed by atoms with Gasteiger partial charge >= 0.3 is 0 Å². The number of anilines is 1. The number of carbonyl (C=O) groups is 2. The molecule has 2 amide bonds. The molecular formula is C24H32BrN3O4S. The number of benzene rings is 2. The van der Waals surface area contributed by atoms with Crippen molar-refractivity contribution in [1.82, 2.24) is 10.2 Å². The normalized spacial score (nSPS) is 13.2. The minimum absolute atomic E-state index is 0.0379. The highest BCUT2D eigenvalue weighted by atomic mass is 79.9. The van der Waals surface area contributed by atoms with Crippen LogP contribution in [0.5, 0.6) is 0 Å². The topological polar surface area (TPSA) is 86.8 Å². The Kier molecular flexibility index (Phi) is 9.48. The second-order valence-corrected chi connectivity index (χ2v) is 11.0. The van der Waals surface area contributed by atoms with Crippen LogP contribution < -0.4 is 9.62 Å². The van der Waals surface area contributed by atoms with E-state index in [0.29, 0.717) is 10.2 Å². The van der Waals surface area contributed by atoms with Gasteiger partial charge in [-0.25, -0.2) is 8.42 Å². The van der Waals surface area contributed by atoms with Gasteiger partial charge in [0.1, 0.15) is 12.6 Å². The van der Waals surface area contributed by atoms with Crippen LogP contribution in [0.2, 0.25) is 0 Å². The standard InChI is InChI=1S/C24H32BrN3O4S/c1-6-18(3)26-24(30)19(4)27(15-20-13-11-17(2)12-14-20)23(29)16-28(33(5,31)32)22-10-8-7-9-21(22)25/h7-14,18-19H,6,15-16H2,1-5H3,(H,26,30)/t18-,19+/m1/s1. The number of hydrogen-bond donors (Lipinski definition) is 1. The molecule has 0 aromatic heterocycles. The lowest BCUT2D eigenvalue weighted by Crippen LogP contribution is -2.52. The average Bonchev–Trinajstić information content (AvgIpc) is 2.76. The van der Waals surface area contributed by atoms with Gasteiger partial charge in [0.25, 0.3) is 0 Å². The summed E-state index contributed by atoms with van der Waals surface area (Å²) in [6.07, 6.45) is 1.82. The van der Waals surface area contributed by atoms with Gasteiger partial charge in [0.2, 0.25) is 21.8 Å². The minimum Gasteiger partial charge on any atom is -0.352 e. The molecule has 0 aliphatic rings. The summed E-state index contributed by atoms with van der Waals surface area (Å²) in [6, 6.07) is 13.7. The van der Waals surface area contributed by atoms with E-state index in [2.05, 4.69) is 21.2 Å². The second kappa shape index (κ2) is 11.7. The van der Waals surface area contributed by atoms with Crippen molar-refractivity contribution in [2.24, 2.45) is 0 Å². The van der Waals surface area contributed by atoms with Gasteiger partial charge < -0.3 is 10.2 Å². The van der Waals surface area contributed by atoms with Crippen molar-refractivity contribution >= 4 is 43.5 Å². The van der Waals surface area contributed by atoms with Crippen LogP contribution in [0.15, 0.2) is 53.0 Å². The van der Waals surface area contributed by atoms with Gasteiger partial charge in [-0.2, -0.15) is 0 Å². The molecule has 2 aromatic carbocycles. The molecule has 180 valence electrons. The van der Waals surface area contributed by atoms with Gasteiger partial charge in [0.05, 0.1) is 11.9 Å². The van der Waals surface area contributed by atoms with Crippen LogP contribution >= 0.6 is 15.9 Å². The van der Waals surface area contributed by atoms with Gasteiger partial charge in [-0.1, -0.05) is 48.9 Å². The highest BCUT2D eigenvalue weighted by Gasteiger charge is 2.31. The molecule has 33 heavy (non-hydrogen) atoms. The third-order valence-corrected chi connectivity index (χ3v) is 7.24. The summed E-state index contributed by atoms with van der Waals surface area (Å²) in [5.41, 5.74) is 2.29. The van der Waals surface area contributed by atoms with Crippen LogP contribution in [0.25, 0.3) is 0 Å². The molecule has 2 aromatic rings. The predicted octanol–water partition coefficient (Wildman–Crippen LogP) is 3.86. The Morgan fingerprint density at radius 1 is 1.06 bits per heavy atom. The molecule has 2 atom stereocenters. The fraction of sp³-hybridized carbons (Fsp3) is 0.417. The van der Waals surface area contributed by atoms with Crippen LogP contribution in [0, 0.1) is 6.92 Å². The SMILES string of the molecule is CC[C@@H](C)NC(=O)[C@H](C)N(Cc1ccc(C)cc1)C(=O)CN(c1ccccc1Br)S(C)(=O)=O. The first-order chi connectivity index (χ1) is 15.4. The van der Waals surface area contributed by atoms with Crippen LogP contribution in [0.3, 0.4) is 0 Å². The van der Waals surface area contributed by atoms with Crippen LogP contribution in [-0.2, 0) is 26.2 Å². The van der Waals surface area contributed by atoms with Crippen molar-refractivity contribution in [2.75, 3.05) is 17.1 Å². The van der Waals surface area contributed by atoms with Gasteiger partial charge in [0.15, 0.2) is 0 Å². The fourth-order valence-electron chi connectivity index (χ4n) is 3.19. The molecule has 9 heteroatoms. The Morgan fingerprint density at radius 2 is 1.67 bits per heavy atom. The molecule has 0 aliphatic carbocycles. The molecule has 0 spiro atoms. The first kappa shape index (κ1) is 26.9. The lowest BCUT2D eigenvalue weighted by Gasteiger charge is -2.32. The van der Waals surface area contributed by atoms with Crippen molar-refractivity contribution < 1.29 is 18.0 Å². The molecule has 0 saturated heterocycles. The minimum atomic E-state index is -3.76. The van der Waals surface area contributed by atoms with E-state index in [1.54, 1.807) is 31.2 Å². The molecule has 0 unspecified atom stereocenters. The van der Waals surface area contributed by atoms with E-state index in [0.717, 1.165) is 28.1 Å². The maximum Gasteiger partial charge on any atom is 0.244 e. The maximum absolute atomic E-state index is 13.5. The zero-order chi connectivity index (χ0) is 24.8. The van der Waals surface area contributed by atoms with E-state index in [1.807, 2.05) is 45.0 Å². The van der Waals surface area contributed by atoms with Gasteiger partial charge in [-0.05, 0) is 60.8 Å². The number of amides is 2. The Hall–Kier alpha value is -2.39. The largest absolute Gasteiger partial charge is 0.352 e. The van der Waals surface area contributed by atoms with E-state index >= 15 is 0 Å². The van der Waals surface area contributed by atoms with E-state index in [9.17, 15) is 18.0 Å². The van der Waals surface area contributed by atoms with Crippen LogP contribution in [-0.4, -0.2) is 50.0 Å². The number of rotatable bonds is 10. The van der Waals surface area contributed by atoms with Crippen molar-refractivity contribution in [3.63, 3.8) is 0 Å². The number of sulfonamides is 1. The van der Waals surface area contributed by atoms with E-state index < -0.39 is 28.5 Å². The van der Waals surface area contributed by atoms with Crippen LogP contribution in [0.1, 0.15) is 38.3 Å².